The first-order valence-corrected chi connectivity index (χ1v) is 26.9. The molecule has 0 spiro atoms. The monoisotopic (exact) mass is 1000 g/mol. The lowest BCUT2D eigenvalue weighted by Gasteiger charge is -2.28. The van der Waals surface area contributed by atoms with E-state index in [1.165, 1.54) is 0 Å². The van der Waals surface area contributed by atoms with Gasteiger partial charge in [0.1, 0.15) is 23.0 Å². The zero-order chi connectivity index (χ0) is 53.6. The minimum Gasteiger partial charge on any atom is -0.507 e. The normalized spacial score (nSPS) is 14.9. The van der Waals surface area contributed by atoms with Crippen molar-refractivity contribution < 1.29 is 29.3 Å². The van der Waals surface area contributed by atoms with Crippen molar-refractivity contribution >= 4 is 12.1 Å². The predicted octanol–water partition coefficient (Wildman–Crippen LogP) is 12.6. The van der Waals surface area contributed by atoms with Crippen LogP contribution in [0.3, 0.4) is 0 Å². The van der Waals surface area contributed by atoms with Crippen molar-refractivity contribution in [3.63, 3.8) is 0 Å². The zero-order valence-corrected chi connectivity index (χ0v) is 46.4. The molecule has 0 saturated heterocycles. The van der Waals surface area contributed by atoms with Crippen LogP contribution in [0.15, 0.2) is 97.1 Å². The smallest absolute Gasteiger partial charge is 0.314 e. The van der Waals surface area contributed by atoms with E-state index in [1.807, 2.05) is 24.3 Å². The Balaban J connectivity index is 1.32. The van der Waals surface area contributed by atoms with Crippen LogP contribution in [0.4, 0.5) is 9.59 Å². The molecule has 3 aliphatic carbocycles. The Bertz CT molecular complexity index is 2490. The van der Waals surface area contributed by atoms with Gasteiger partial charge in [-0.3, -0.25) is 0 Å². The lowest BCUT2D eigenvalue weighted by Crippen LogP contribution is -2.38. The second-order valence-electron chi connectivity index (χ2n) is 24.8. The fourth-order valence-corrected chi connectivity index (χ4v) is 9.69. The molecule has 8 bridgehead atoms. The Morgan fingerprint density at radius 3 is 0.946 bits per heavy atom. The van der Waals surface area contributed by atoms with Gasteiger partial charge >= 0.3 is 12.1 Å². The van der Waals surface area contributed by atoms with Gasteiger partial charge in [0.05, 0.1) is 13.2 Å². The number of carbonyl (C=O) groups excluding carboxylic acids is 2. The Morgan fingerprint density at radius 2 is 0.689 bits per heavy atom. The molecule has 396 valence electrons. The third-order valence-electron chi connectivity index (χ3n) is 14.4. The topological polar surface area (TPSA) is 141 Å². The minimum absolute atomic E-state index is 0.200. The molecule has 7 rings (SSSR count). The summed E-state index contributed by atoms with van der Waals surface area (Å²) in [4.78, 5) is 25.5. The van der Waals surface area contributed by atoms with Gasteiger partial charge in [0, 0.05) is 63.7 Å². The number of hydrogen-bond acceptors (Lipinski definition) is 6. The average molecular weight is 1010 g/mol. The summed E-state index contributed by atoms with van der Waals surface area (Å²) >= 11 is 0. The van der Waals surface area contributed by atoms with Crippen molar-refractivity contribution in [3.05, 3.63) is 164 Å². The molecule has 0 radical (unpaired) electrons. The summed E-state index contributed by atoms with van der Waals surface area (Å²) in [6.45, 7) is 29.1. The van der Waals surface area contributed by atoms with Gasteiger partial charge in [-0.05, 0) is 101 Å². The lowest BCUT2D eigenvalue weighted by molar-refractivity contribution is 0.237. The van der Waals surface area contributed by atoms with E-state index >= 15 is 0 Å². The van der Waals surface area contributed by atoms with Crippen molar-refractivity contribution in [1.29, 1.82) is 0 Å². The van der Waals surface area contributed by atoms with E-state index in [0.29, 0.717) is 77.9 Å². The number of allylic oxidation sites excluding steroid dienone is 4. The highest BCUT2D eigenvalue weighted by Crippen LogP contribution is 2.44. The Hall–Kier alpha value is -6.42. The number of ether oxygens (including phenoxy) is 2. The molecule has 4 amide bonds. The number of amides is 4. The first-order valence-electron chi connectivity index (χ1n) is 26.9. The predicted molar refractivity (Wildman–Crippen MR) is 302 cm³/mol. The minimum atomic E-state index is -0.244. The Labute approximate surface area is 442 Å². The van der Waals surface area contributed by atoms with Crippen LogP contribution in [0, 0.1) is 11.8 Å². The Kier molecular flexibility index (Phi) is 17.2. The van der Waals surface area contributed by atoms with E-state index in [0.717, 1.165) is 78.3 Å². The number of benzene rings is 4. The highest BCUT2D eigenvalue weighted by Gasteiger charge is 2.29. The molecule has 4 aromatic rings. The van der Waals surface area contributed by atoms with E-state index in [4.69, 9.17) is 9.47 Å². The molecule has 0 aromatic heterocycles. The van der Waals surface area contributed by atoms with Gasteiger partial charge in [0.2, 0.25) is 0 Å². The van der Waals surface area contributed by atoms with Gasteiger partial charge in [-0.15, -0.1) is 0 Å². The molecular weight excluding hydrogens is 921 g/mol. The second kappa shape index (κ2) is 23.0. The summed E-state index contributed by atoms with van der Waals surface area (Å²) in [6.07, 6.45) is 18.9. The third-order valence-corrected chi connectivity index (χ3v) is 14.4. The molecule has 0 atom stereocenters. The number of phenols is 2. The van der Waals surface area contributed by atoms with Crippen LogP contribution < -0.4 is 30.7 Å². The molecule has 0 heterocycles. The van der Waals surface area contributed by atoms with E-state index in [1.54, 1.807) is 0 Å². The van der Waals surface area contributed by atoms with Crippen LogP contribution in [0.25, 0.3) is 0 Å². The van der Waals surface area contributed by atoms with Crippen LogP contribution in [0.5, 0.6) is 23.0 Å². The first-order chi connectivity index (χ1) is 34.8. The molecule has 3 aliphatic rings. The van der Waals surface area contributed by atoms with Crippen LogP contribution in [-0.2, 0) is 47.3 Å². The van der Waals surface area contributed by atoms with Crippen LogP contribution >= 0.6 is 0 Å². The number of urea groups is 2. The number of aromatic hydroxyl groups is 2. The molecule has 0 unspecified atom stereocenters. The van der Waals surface area contributed by atoms with Crippen molar-refractivity contribution in [2.75, 3.05) is 39.4 Å². The molecule has 74 heavy (non-hydrogen) atoms. The number of phenolic OH excluding ortho intramolecular Hbond substituents is 2. The largest absolute Gasteiger partial charge is 0.507 e. The maximum atomic E-state index is 12.8. The number of fused-ring (bicyclic) bond motifs is 8. The first kappa shape index (κ1) is 55.3. The quantitative estimate of drug-likeness (QED) is 0.0612. The fraction of sp³-hybridized carbons (Fsp3) is 0.469. The van der Waals surface area contributed by atoms with Crippen molar-refractivity contribution in [2.45, 2.75) is 143 Å². The molecule has 4 aromatic carbocycles. The van der Waals surface area contributed by atoms with Gasteiger partial charge in [-0.25, -0.2) is 9.59 Å². The summed E-state index contributed by atoms with van der Waals surface area (Å²) in [5.41, 5.74) is 10.5. The highest BCUT2D eigenvalue weighted by atomic mass is 16.5. The van der Waals surface area contributed by atoms with Crippen LogP contribution in [0.1, 0.15) is 163 Å². The van der Waals surface area contributed by atoms with Crippen LogP contribution in [-0.4, -0.2) is 61.7 Å². The summed E-state index contributed by atoms with van der Waals surface area (Å²) in [6, 6.07) is 17.1. The molecule has 10 nitrogen and oxygen atoms in total. The average Bonchev–Trinajstić information content (AvgIpc) is 4.05. The maximum absolute atomic E-state index is 12.8. The highest BCUT2D eigenvalue weighted by molar-refractivity contribution is 5.74. The van der Waals surface area contributed by atoms with Gasteiger partial charge < -0.3 is 41.0 Å². The molecule has 0 saturated carbocycles. The molecule has 6 N–H and O–H groups in total. The SMILES string of the molecule is CC(C)(C)c1cc2c(O)c(c1)Cc1cc(C(C)(C)C)cc(c1OCCCNC(=O)NCC1C=CC=C1)Cc1cc(C(C)(C)C)cc(c1O)Cc1cc(C(C)(C)C)cc(c1OCCCNC(=O)NCC1C=CC=C1)C2. The summed E-state index contributed by atoms with van der Waals surface area (Å²) < 4.78 is 13.8. The van der Waals surface area contributed by atoms with Crippen molar-refractivity contribution in [2.24, 2.45) is 11.8 Å². The molecular formula is C64H84N4O6. The standard InChI is InChI=1S/C64H84N4O6/c1-61(2,3)51-31-43-27-47-35-53(63(7,8)9)37-49(57(47)73-25-17-23-65-59(71)67-39-41-19-13-14-20-41)29-45-33-52(62(4,5)6)34-46(56(45)70)30-50-38-54(64(10,11)12)36-48(28-44(32-51)55(43)69)58(50)74-26-18-24-66-60(72)68-40-42-21-15-16-22-42/h13-16,19-22,31-38,41-42,69-70H,17-18,23-30,39-40H2,1-12H3,(H2,65,67,71)(H2,66,68,72). The molecule has 0 aliphatic heterocycles. The summed E-state index contributed by atoms with van der Waals surface area (Å²) in [5, 5.41) is 37.3. The summed E-state index contributed by atoms with van der Waals surface area (Å²) in [7, 11) is 0. The molecule has 0 fully saturated rings. The third kappa shape index (κ3) is 14.4. The van der Waals surface area contributed by atoms with Gasteiger partial charge in [0.25, 0.3) is 0 Å². The van der Waals surface area contributed by atoms with Crippen LogP contribution in [0.2, 0.25) is 0 Å². The number of nitrogens with one attached hydrogen (secondary N) is 4. The molecule has 10 heteroatoms. The zero-order valence-electron chi connectivity index (χ0n) is 46.4. The number of hydrogen-bond donors (Lipinski definition) is 6. The van der Waals surface area contributed by atoms with Gasteiger partial charge in [-0.1, -0.05) is 180 Å². The van der Waals surface area contributed by atoms with E-state index in [-0.39, 0.29) is 57.1 Å². The van der Waals surface area contributed by atoms with E-state index < -0.39 is 0 Å². The van der Waals surface area contributed by atoms with Gasteiger partial charge in [0.15, 0.2) is 0 Å². The number of rotatable bonds is 14. The van der Waals surface area contributed by atoms with Crippen molar-refractivity contribution in [3.8, 4) is 23.0 Å². The van der Waals surface area contributed by atoms with Crippen molar-refractivity contribution in [1.82, 2.24) is 21.3 Å². The lowest BCUT2D eigenvalue weighted by atomic mass is 9.79. The van der Waals surface area contributed by atoms with E-state index in [2.05, 4.69) is 177 Å². The summed E-state index contributed by atoms with van der Waals surface area (Å²) in [5.74, 6) is 2.33. The Morgan fingerprint density at radius 1 is 0.432 bits per heavy atom. The number of carbonyl (C=O) groups is 2. The van der Waals surface area contributed by atoms with E-state index in [9.17, 15) is 19.8 Å². The second-order valence-corrected chi connectivity index (χ2v) is 24.8. The maximum Gasteiger partial charge on any atom is 0.314 e. The fourth-order valence-electron chi connectivity index (χ4n) is 9.69. The van der Waals surface area contributed by atoms with Gasteiger partial charge in [-0.2, -0.15) is 0 Å².